The topological polar surface area (TPSA) is 57.4 Å². The van der Waals surface area contributed by atoms with Gasteiger partial charge in [0.1, 0.15) is 0 Å². The molecule has 1 aromatic carbocycles. The fourth-order valence-corrected chi connectivity index (χ4v) is 2.92. The zero-order valence-corrected chi connectivity index (χ0v) is 11.7. The Labute approximate surface area is 118 Å². The van der Waals surface area contributed by atoms with Crippen molar-refractivity contribution >= 4 is 10.9 Å². The van der Waals surface area contributed by atoms with Gasteiger partial charge < -0.3 is 15.2 Å². The molecule has 0 amide bonds. The van der Waals surface area contributed by atoms with Crippen LogP contribution in [0.2, 0.25) is 0 Å². The molecule has 1 unspecified atom stereocenters. The van der Waals surface area contributed by atoms with Crippen LogP contribution in [-0.2, 0) is 9.47 Å². The summed E-state index contributed by atoms with van der Waals surface area (Å²) >= 11 is 0. The summed E-state index contributed by atoms with van der Waals surface area (Å²) in [6.07, 6.45) is 3.50. The van der Waals surface area contributed by atoms with E-state index in [1.54, 1.807) is 7.11 Å². The predicted octanol–water partition coefficient (Wildman–Crippen LogP) is 2.43. The van der Waals surface area contributed by atoms with Crippen molar-refractivity contribution in [1.82, 2.24) is 4.98 Å². The molecule has 0 spiro atoms. The summed E-state index contributed by atoms with van der Waals surface area (Å²) in [4.78, 5) is 4.50. The zero-order chi connectivity index (χ0) is 14.0. The molecule has 1 aliphatic rings. The molecule has 0 aliphatic carbocycles. The lowest BCUT2D eigenvalue weighted by atomic mass is 9.83. The number of ether oxygens (including phenoxy) is 2. The van der Waals surface area contributed by atoms with Gasteiger partial charge in [-0.15, -0.1) is 0 Å². The molecule has 0 radical (unpaired) electrons. The van der Waals surface area contributed by atoms with Crippen LogP contribution < -0.4 is 5.73 Å². The molecule has 2 N–H and O–H groups in total. The summed E-state index contributed by atoms with van der Waals surface area (Å²) in [5.74, 6) is 0. The highest BCUT2D eigenvalue weighted by Crippen LogP contribution is 2.36. The van der Waals surface area contributed by atoms with Gasteiger partial charge in [0, 0.05) is 44.7 Å². The highest BCUT2D eigenvalue weighted by Gasteiger charge is 2.39. The Hall–Kier alpha value is -1.49. The molecule has 0 bridgehead atoms. The Morgan fingerprint density at radius 3 is 2.80 bits per heavy atom. The number of methoxy groups -OCH3 is 1. The summed E-state index contributed by atoms with van der Waals surface area (Å²) in [6, 6.07) is 9.99. The van der Waals surface area contributed by atoms with Gasteiger partial charge in [0.15, 0.2) is 0 Å². The molecular weight excluding hydrogens is 252 g/mol. The van der Waals surface area contributed by atoms with E-state index in [-0.39, 0.29) is 11.6 Å². The highest BCUT2D eigenvalue weighted by molar-refractivity contribution is 5.78. The first-order chi connectivity index (χ1) is 9.75. The van der Waals surface area contributed by atoms with Crippen LogP contribution >= 0.6 is 0 Å². The van der Waals surface area contributed by atoms with Gasteiger partial charge in [0.2, 0.25) is 0 Å². The molecule has 106 valence electrons. The first kappa shape index (κ1) is 13.5. The summed E-state index contributed by atoms with van der Waals surface area (Å²) in [5, 5.41) is 1.11. The van der Waals surface area contributed by atoms with E-state index in [1.165, 1.54) is 0 Å². The van der Waals surface area contributed by atoms with Crippen LogP contribution in [-0.4, -0.2) is 30.9 Å². The molecule has 4 heteroatoms. The molecule has 4 nitrogen and oxygen atoms in total. The number of para-hydroxylation sites is 1. The van der Waals surface area contributed by atoms with Crippen molar-refractivity contribution in [2.75, 3.05) is 20.3 Å². The first-order valence-corrected chi connectivity index (χ1v) is 6.98. The summed E-state index contributed by atoms with van der Waals surface area (Å²) in [6.45, 7) is 1.39. The fraction of sp³-hybridized carbons (Fsp3) is 0.438. The number of aromatic nitrogens is 1. The molecule has 1 aliphatic heterocycles. The van der Waals surface area contributed by atoms with Crippen LogP contribution in [0.4, 0.5) is 0 Å². The SMILES string of the molecule is COC1(C(N)c2cnc3ccccc3c2)CCOCC1. The smallest absolute Gasteiger partial charge is 0.0914 e. The average molecular weight is 272 g/mol. The van der Waals surface area contributed by atoms with Crippen molar-refractivity contribution in [3.8, 4) is 0 Å². The normalized spacial score (nSPS) is 19.9. The number of nitrogens with two attached hydrogens (primary N) is 1. The zero-order valence-electron chi connectivity index (χ0n) is 11.7. The summed E-state index contributed by atoms with van der Waals surface area (Å²) in [5.41, 5.74) is 8.15. The van der Waals surface area contributed by atoms with Crippen molar-refractivity contribution in [1.29, 1.82) is 0 Å². The van der Waals surface area contributed by atoms with Crippen molar-refractivity contribution in [3.63, 3.8) is 0 Å². The van der Waals surface area contributed by atoms with Crippen LogP contribution in [0.25, 0.3) is 10.9 Å². The Balaban J connectivity index is 1.96. The lowest BCUT2D eigenvalue weighted by Crippen LogP contribution is -2.47. The van der Waals surface area contributed by atoms with Crippen molar-refractivity contribution in [2.24, 2.45) is 5.73 Å². The second-order valence-electron chi connectivity index (χ2n) is 5.32. The van der Waals surface area contributed by atoms with E-state index in [1.807, 2.05) is 24.4 Å². The lowest BCUT2D eigenvalue weighted by Gasteiger charge is -2.40. The number of fused-ring (bicyclic) bond motifs is 1. The van der Waals surface area contributed by atoms with Gasteiger partial charge in [-0.1, -0.05) is 18.2 Å². The molecule has 1 atom stereocenters. The molecule has 2 heterocycles. The fourth-order valence-electron chi connectivity index (χ4n) is 2.92. The van der Waals surface area contributed by atoms with E-state index in [0.717, 1.165) is 29.3 Å². The highest BCUT2D eigenvalue weighted by atomic mass is 16.5. The monoisotopic (exact) mass is 272 g/mol. The predicted molar refractivity (Wildman–Crippen MR) is 78.5 cm³/mol. The number of benzene rings is 1. The molecule has 20 heavy (non-hydrogen) atoms. The van der Waals surface area contributed by atoms with E-state index in [0.29, 0.717) is 13.2 Å². The average Bonchev–Trinajstić information content (AvgIpc) is 2.54. The summed E-state index contributed by atoms with van der Waals surface area (Å²) in [7, 11) is 1.74. The standard InChI is InChI=1S/C16H20N2O2/c1-19-16(6-8-20-9-7-16)15(17)13-10-12-4-2-3-5-14(12)18-11-13/h2-5,10-11,15H,6-9,17H2,1H3. The number of hydrogen-bond donors (Lipinski definition) is 1. The van der Waals surface area contributed by atoms with Crippen molar-refractivity contribution in [2.45, 2.75) is 24.5 Å². The second kappa shape index (κ2) is 5.48. The molecule has 3 rings (SSSR count). The van der Waals surface area contributed by atoms with Crippen molar-refractivity contribution in [3.05, 3.63) is 42.1 Å². The van der Waals surface area contributed by atoms with Gasteiger partial charge in [-0.3, -0.25) is 4.98 Å². The third-order valence-electron chi connectivity index (χ3n) is 4.28. The number of hydrogen-bond acceptors (Lipinski definition) is 4. The van der Waals surface area contributed by atoms with Crippen LogP contribution in [0.15, 0.2) is 36.5 Å². The van der Waals surface area contributed by atoms with E-state index >= 15 is 0 Å². The van der Waals surface area contributed by atoms with Crippen molar-refractivity contribution < 1.29 is 9.47 Å². The molecule has 0 saturated carbocycles. The maximum atomic E-state index is 6.49. The Morgan fingerprint density at radius 2 is 2.05 bits per heavy atom. The molecular formula is C16H20N2O2. The second-order valence-corrected chi connectivity index (χ2v) is 5.32. The van der Waals surface area contributed by atoms with Gasteiger partial charge in [-0.25, -0.2) is 0 Å². The minimum atomic E-state index is -0.345. The van der Waals surface area contributed by atoms with E-state index in [9.17, 15) is 0 Å². The molecule has 1 fully saturated rings. The van der Waals surface area contributed by atoms with Gasteiger partial charge in [0.05, 0.1) is 17.2 Å². The van der Waals surface area contributed by atoms with E-state index < -0.39 is 0 Å². The maximum absolute atomic E-state index is 6.49. The minimum absolute atomic E-state index is 0.187. The maximum Gasteiger partial charge on any atom is 0.0914 e. The van der Waals surface area contributed by atoms with Crippen LogP contribution in [0, 0.1) is 0 Å². The quantitative estimate of drug-likeness (QED) is 0.932. The molecule has 1 aromatic heterocycles. The largest absolute Gasteiger partial charge is 0.381 e. The Bertz CT molecular complexity index is 594. The van der Waals surface area contributed by atoms with Crippen LogP contribution in [0.1, 0.15) is 24.4 Å². The summed E-state index contributed by atoms with van der Waals surface area (Å²) < 4.78 is 11.2. The third-order valence-corrected chi connectivity index (χ3v) is 4.28. The Morgan fingerprint density at radius 1 is 1.30 bits per heavy atom. The third kappa shape index (κ3) is 2.30. The van der Waals surface area contributed by atoms with E-state index in [2.05, 4.69) is 17.1 Å². The molecule has 1 saturated heterocycles. The van der Waals surface area contributed by atoms with Crippen LogP contribution in [0.5, 0.6) is 0 Å². The number of nitrogens with zero attached hydrogens (tertiary/aromatic N) is 1. The first-order valence-electron chi connectivity index (χ1n) is 6.98. The lowest BCUT2D eigenvalue weighted by molar-refractivity contribution is -0.105. The minimum Gasteiger partial charge on any atom is -0.381 e. The van der Waals surface area contributed by atoms with E-state index in [4.69, 9.17) is 15.2 Å². The molecule has 2 aromatic rings. The number of rotatable bonds is 3. The number of pyridine rings is 1. The van der Waals surface area contributed by atoms with Gasteiger partial charge in [0.25, 0.3) is 0 Å². The van der Waals surface area contributed by atoms with Gasteiger partial charge in [-0.2, -0.15) is 0 Å². The van der Waals surface area contributed by atoms with Gasteiger partial charge in [-0.05, 0) is 17.7 Å². The van der Waals surface area contributed by atoms with Crippen LogP contribution in [0.3, 0.4) is 0 Å². The Kier molecular flexibility index (Phi) is 3.70. The van der Waals surface area contributed by atoms with Gasteiger partial charge >= 0.3 is 0 Å².